The fraction of sp³-hybridized carbons (Fsp3) is 0.357. The number of nitrogens with one attached hydrogen (secondary N) is 1. The second-order valence-electron chi connectivity index (χ2n) is 5.36. The van der Waals surface area contributed by atoms with Gasteiger partial charge in [0.2, 0.25) is 0 Å². The number of fused-ring (bicyclic) bond motifs is 1. The molecule has 1 aromatic rings. The van der Waals surface area contributed by atoms with Crippen molar-refractivity contribution in [3.63, 3.8) is 0 Å². The SMILES string of the molecule is Nc1c(/N=C2/C=CC(=O)C3=C2NCC3)c(=O)n2n1CCC2. The van der Waals surface area contributed by atoms with Crippen molar-refractivity contribution in [1.82, 2.24) is 14.7 Å². The molecule has 0 atom stereocenters. The summed E-state index contributed by atoms with van der Waals surface area (Å²) in [6, 6.07) is 0. The van der Waals surface area contributed by atoms with E-state index in [2.05, 4.69) is 10.3 Å². The van der Waals surface area contributed by atoms with E-state index in [-0.39, 0.29) is 17.0 Å². The molecule has 108 valence electrons. The van der Waals surface area contributed by atoms with Crippen molar-refractivity contribution in [2.75, 3.05) is 12.3 Å². The zero-order valence-corrected chi connectivity index (χ0v) is 11.4. The Morgan fingerprint density at radius 2 is 2.00 bits per heavy atom. The number of hydrogen-bond donors (Lipinski definition) is 2. The molecule has 0 spiro atoms. The molecule has 1 aromatic heterocycles. The zero-order chi connectivity index (χ0) is 14.6. The number of allylic oxidation sites excluding steroid dienone is 2. The summed E-state index contributed by atoms with van der Waals surface area (Å²) in [4.78, 5) is 28.6. The normalized spacial score (nSPS) is 21.9. The van der Waals surface area contributed by atoms with Gasteiger partial charge < -0.3 is 11.1 Å². The quantitative estimate of drug-likeness (QED) is 0.715. The molecule has 0 amide bonds. The Labute approximate surface area is 120 Å². The third-order valence-electron chi connectivity index (χ3n) is 4.15. The largest absolute Gasteiger partial charge is 0.383 e. The summed E-state index contributed by atoms with van der Waals surface area (Å²) in [5, 5.41) is 3.17. The van der Waals surface area contributed by atoms with Gasteiger partial charge in [0.25, 0.3) is 5.56 Å². The lowest BCUT2D eigenvalue weighted by Gasteiger charge is -2.10. The predicted octanol–water partition coefficient (Wildman–Crippen LogP) is 0.0945. The van der Waals surface area contributed by atoms with Crippen LogP contribution in [0.2, 0.25) is 0 Å². The summed E-state index contributed by atoms with van der Waals surface area (Å²) in [6.07, 6.45) is 4.76. The van der Waals surface area contributed by atoms with E-state index in [1.54, 1.807) is 15.4 Å². The Morgan fingerprint density at radius 3 is 2.81 bits per heavy atom. The first-order valence-corrected chi connectivity index (χ1v) is 7.04. The maximum absolute atomic E-state index is 12.3. The van der Waals surface area contributed by atoms with Crippen molar-refractivity contribution in [1.29, 1.82) is 0 Å². The molecule has 0 saturated carbocycles. The van der Waals surface area contributed by atoms with Gasteiger partial charge in [-0.15, -0.1) is 0 Å². The molecule has 7 nitrogen and oxygen atoms in total. The Kier molecular flexibility index (Phi) is 2.44. The van der Waals surface area contributed by atoms with Crippen LogP contribution in [0.1, 0.15) is 12.8 Å². The molecular formula is C14H15N5O2. The van der Waals surface area contributed by atoms with Crippen molar-refractivity contribution in [3.05, 3.63) is 33.8 Å². The van der Waals surface area contributed by atoms with Crippen LogP contribution in [-0.4, -0.2) is 27.4 Å². The number of hydrogen-bond acceptors (Lipinski definition) is 5. The summed E-state index contributed by atoms with van der Waals surface area (Å²) in [5.74, 6) is 0.411. The molecule has 2 aliphatic heterocycles. The molecular weight excluding hydrogens is 270 g/mol. The third kappa shape index (κ3) is 1.63. The molecule has 0 unspecified atom stereocenters. The van der Waals surface area contributed by atoms with Crippen LogP contribution in [0.15, 0.2) is 33.2 Å². The Hall–Kier alpha value is -2.57. The maximum atomic E-state index is 12.3. The van der Waals surface area contributed by atoms with E-state index in [0.717, 1.165) is 30.8 Å². The highest BCUT2D eigenvalue weighted by molar-refractivity contribution is 6.23. The molecule has 3 N–H and O–H groups in total. The molecule has 0 aromatic carbocycles. The van der Waals surface area contributed by atoms with Crippen LogP contribution in [0.4, 0.5) is 11.5 Å². The van der Waals surface area contributed by atoms with Crippen molar-refractivity contribution >= 4 is 23.0 Å². The molecule has 0 radical (unpaired) electrons. The first-order valence-electron chi connectivity index (χ1n) is 7.04. The maximum Gasteiger partial charge on any atom is 0.294 e. The number of carbonyl (C=O) groups excluding carboxylic acids is 1. The van der Waals surface area contributed by atoms with Crippen LogP contribution in [0.5, 0.6) is 0 Å². The van der Waals surface area contributed by atoms with Gasteiger partial charge in [0.05, 0.1) is 11.4 Å². The van der Waals surface area contributed by atoms with Gasteiger partial charge in [-0.05, 0) is 25.0 Å². The van der Waals surface area contributed by atoms with Gasteiger partial charge in [0.15, 0.2) is 17.3 Å². The minimum Gasteiger partial charge on any atom is -0.383 e. The smallest absolute Gasteiger partial charge is 0.294 e. The van der Waals surface area contributed by atoms with E-state index in [1.165, 1.54) is 6.08 Å². The average molecular weight is 285 g/mol. The molecule has 1 aliphatic carbocycles. The number of aromatic nitrogens is 2. The number of nitrogens with zero attached hydrogens (tertiary/aromatic N) is 3. The van der Waals surface area contributed by atoms with E-state index >= 15 is 0 Å². The molecule has 0 saturated heterocycles. The van der Waals surface area contributed by atoms with E-state index < -0.39 is 0 Å². The van der Waals surface area contributed by atoms with E-state index in [1.807, 2.05) is 0 Å². The average Bonchev–Trinajstić information content (AvgIpc) is 3.17. The third-order valence-corrected chi connectivity index (χ3v) is 4.15. The van der Waals surface area contributed by atoms with Crippen LogP contribution in [0.3, 0.4) is 0 Å². The van der Waals surface area contributed by atoms with Crippen LogP contribution in [0, 0.1) is 0 Å². The summed E-state index contributed by atoms with van der Waals surface area (Å²) in [6.45, 7) is 2.14. The highest BCUT2D eigenvalue weighted by Crippen LogP contribution is 2.26. The van der Waals surface area contributed by atoms with Gasteiger partial charge in [0.1, 0.15) is 0 Å². The molecule has 4 rings (SSSR count). The summed E-state index contributed by atoms with van der Waals surface area (Å²) >= 11 is 0. The second kappa shape index (κ2) is 4.21. The van der Waals surface area contributed by atoms with Gasteiger partial charge in [-0.1, -0.05) is 0 Å². The van der Waals surface area contributed by atoms with E-state index in [9.17, 15) is 9.59 Å². The fourth-order valence-corrected chi connectivity index (χ4v) is 3.12. The van der Waals surface area contributed by atoms with Crippen molar-refractivity contribution < 1.29 is 4.79 Å². The molecule has 0 fully saturated rings. The van der Waals surface area contributed by atoms with Gasteiger partial charge in [0, 0.05) is 25.2 Å². The monoisotopic (exact) mass is 285 g/mol. The standard InChI is InChI=1S/C14H15N5O2/c15-13-12(14(21)19-7-1-6-18(13)19)17-9-2-3-10(20)8-4-5-16-11(8)9/h2-3,16H,1,4-7,15H2/b17-9-. The number of rotatable bonds is 1. The molecule has 3 aliphatic rings. The number of nitrogens with two attached hydrogens (primary N) is 1. The second-order valence-corrected chi connectivity index (χ2v) is 5.36. The van der Waals surface area contributed by atoms with E-state index in [4.69, 9.17) is 5.73 Å². The zero-order valence-electron chi connectivity index (χ0n) is 11.4. The topological polar surface area (TPSA) is 94.4 Å². The van der Waals surface area contributed by atoms with Gasteiger partial charge in [-0.3, -0.25) is 14.3 Å². The molecule has 3 heterocycles. The van der Waals surface area contributed by atoms with Crippen molar-refractivity contribution in [3.8, 4) is 0 Å². The molecule has 7 heteroatoms. The van der Waals surface area contributed by atoms with Gasteiger partial charge in [-0.2, -0.15) is 0 Å². The Bertz CT molecular complexity index is 806. The highest BCUT2D eigenvalue weighted by Gasteiger charge is 2.27. The number of aliphatic imine (C=N–C) groups is 1. The van der Waals surface area contributed by atoms with Crippen molar-refractivity contribution in [2.45, 2.75) is 25.9 Å². The van der Waals surface area contributed by atoms with Crippen LogP contribution >= 0.6 is 0 Å². The minimum absolute atomic E-state index is 0.0121. The van der Waals surface area contributed by atoms with Crippen LogP contribution < -0.4 is 16.6 Å². The summed E-state index contributed by atoms with van der Waals surface area (Å²) in [7, 11) is 0. The molecule has 21 heavy (non-hydrogen) atoms. The Morgan fingerprint density at radius 1 is 1.19 bits per heavy atom. The van der Waals surface area contributed by atoms with Crippen LogP contribution in [0.25, 0.3) is 0 Å². The van der Waals surface area contributed by atoms with Gasteiger partial charge in [-0.25, -0.2) is 9.67 Å². The fourth-order valence-electron chi connectivity index (χ4n) is 3.12. The highest BCUT2D eigenvalue weighted by atomic mass is 16.1. The minimum atomic E-state index is -0.164. The van der Waals surface area contributed by atoms with Crippen LogP contribution in [-0.2, 0) is 17.9 Å². The lowest BCUT2D eigenvalue weighted by Crippen LogP contribution is -2.20. The lowest BCUT2D eigenvalue weighted by molar-refractivity contribution is -0.111. The predicted molar refractivity (Wildman–Crippen MR) is 78.6 cm³/mol. The number of anilines is 1. The summed E-state index contributed by atoms with van der Waals surface area (Å²) in [5.41, 5.74) is 8.23. The number of ketones is 1. The first kappa shape index (κ1) is 12.2. The Balaban J connectivity index is 1.85. The van der Waals surface area contributed by atoms with Crippen molar-refractivity contribution in [2.24, 2.45) is 4.99 Å². The van der Waals surface area contributed by atoms with E-state index in [0.29, 0.717) is 24.5 Å². The molecule has 0 bridgehead atoms. The summed E-state index contributed by atoms with van der Waals surface area (Å²) < 4.78 is 3.40. The number of carbonyl (C=O) groups is 1. The lowest BCUT2D eigenvalue weighted by atomic mass is 10.00. The van der Waals surface area contributed by atoms with Gasteiger partial charge >= 0.3 is 0 Å². The number of nitrogen functional groups attached to an aromatic ring is 1. The first-order chi connectivity index (χ1) is 10.2.